The Hall–Kier alpha value is -2.69. The zero-order chi connectivity index (χ0) is 13.0. The van der Waals surface area contributed by atoms with Crippen LogP contribution in [0, 0.1) is 10.1 Å². The Morgan fingerprint density at radius 3 is 2.33 bits per heavy atom. The highest BCUT2D eigenvalue weighted by molar-refractivity contribution is 6.02. The van der Waals surface area contributed by atoms with Gasteiger partial charge in [0, 0.05) is 6.07 Å². The lowest BCUT2D eigenvalue weighted by atomic mass is 10.1. The predicted molar refractivity (Wildman–Crippen MR) is 69.9 cm³/mol. The quantitative estimate of drug-likeness (QED) is 0.388. The first-order valence-corrected chi connectivity index (χ1v) is 5.31. The van der Waals surface area contributed by atoms with Crippen LogP contribution in [0.2, 0.25) is 0 Å². The maximum Gasteiger partial charge on any atom is 0.280 e. The van der Waals surface area contributed by atoms with Gasteiger partial charge in [0.2, 0.25) is 0 Å². The van der Waals surface area contributed by atoms with Gasteiger partial charge in [-0.05, 0) is 18.2 Å². The molecule has 5 heteroatoms. The van der Waals surface area contributed by atoms with Crippen molar-refractivity contribution in [1.29, 1.82) is 0 Å². The zero-order valence-corrected chi connectivity index (χ0v) is 9.48. The Bertz CT molecular complexity index is 594. The molecule has 0 bridgehead atoms. The van der Waals surface area contributed by atoms with Crippen molar-refractivity contribution in [3.05, 3.63) is 70.3 Å². The third-order valence-electron chi connectivity index (χ3n) is 2.38. The van der Waals surface area contributed by atoms with E-state index in [1.165, 1.54) is 6.07 Å². The molecule has 90 valence electrons. The molecule has 0 saturated heterocycles. The molecule has 2 rings (SSSR count). The molecule has 0 unspecified atom stereocenters. The molecule has 0 aliphatic heterocycles. The first-order valence-electron chi connectivity index (χ1n) is 5.31. The summed E-state index contributed by atoms with van der Waals surface area (Å²) in [6.45, 7) is 0. The number of nitrogens with two attached hydrogens (primary N) is 1. The van der Waals surface area contributed by atoms with Crippen LogP contribution in [-0.2, 0) is 0 Å². The van der Waals surface area contributed by atoms with Crippen molar-refractivity contribution >= 4 is 17.2 Å². The summed E-state index contributed by atoms with van der Waals surface area (Å²) in [6, 6.07) is 15.3. The molecular formula is C13H11N3O2. The molecule has 2 aromatic rings. The van der Waals surface area contributed by atoms with Crippen molar-refractivity contribution in [2.45, 2.75) is 0 Å². The van der Waals surface area contributed by atoms with Gasteiger partial charge in [-0.25, -0.2) is 4.99 Å². The summed E-state index contributed by atoms with van der Waals surface area (Å²) in [5.41, 5.74) is 6.75. The summed E-state index contributed by atoms with van der Waals surface area (Å²) in [5.74, 6) is 0.133. The molecule has 0 heterocycles. The number of nitro groups is 1. The SMILES string of the molecule is NC(=Nc1ccccc1)c1ccccc1[N+](=O)[O-]. The van der Waals surface area contributed by atoms with E-state index >= 15 is 0 Å². The Morgan fingerprint density at radius 2 is 1.67 bits per heavy atom. The minimum absolute atomic E-state index is 0.0466. The number of rotatable bonds is 3. The van der Waals surface area contributed by atoms with Crippen molar-refractivity contribution in [2.75, 3.05) is 0 Å². The van der Waals surface area contributed by atoms with Crippen LogP contribution in [0.25, 0.3) is 0 Å². The molecule has 18 heavy (non-hydrogen) atoms. The molecule has 2 N–H and O–H groups in total. The van der Waals surface area contributed by atoms with Crippen LogP contribution in [0.4, 0.5) is 11.4 Å². The fourth-order valence-electron chi connectivity index (χ4n) is 1.55. The molecule has 0 spiro atoms. The van der Waals surface area contributed by atoms with Gasteiger partial charge in [0.1, 0.15) is 5.84 Å². The van der Waals surface area contributed by atoms with Crippen molar-refractivity contribution in [3.8, 4) is 0 Å². The summed E-state index contributed by atoms with van der Waals surface area (Å²) >= 11 is 0. The largest absolute Gasteiger partial charge is 0.383 e. The van der Waals surface area contributed by atoms with E-state index in [4.69, 9.17) is 5.73 Å². The fourth-order valence-corrected chi connectivity index (χ4v) is 1.55. The topological polar surface area (TPSA) is 81.5 Å². The van der Waals surface area contributed by atoms with Gasteiger partial charge >= 0.3 is 0 Å². The second kappa shape index (κ2) is 5.09. The monoisotopic (exact) mass is 241 g/mol. The summed E-state index contributed by atoms with van der Waals surface area (Å²) in [4.78, 5) is 14.6. The van der Waals surface area contributed by atoms with Crippen LogP contribution >= 0.6 is 0 Å². The van der Waals surface area contributed by atoms with E-state index < -0.39 is 4.92 Å². The molecule has 0 aliphatic carbocycles. The van der Waals surface area contributed by atoms with Crippen LogP contribution < -0.4 is 5.73 Å². The standard InChI is InChI=1S/C13H11N3O2/c14-13(15-10-6-2-1-3-7-10)11-8-4-5-9-12(11)16(17)18/h1-9H,(H2,14,15). The summed E-state index contributed by atoms with van der Waals surface area (Å²) in [6.07, 6.45) is 0. The van der Waals surface area contributed by atoms with Crippen LogP contribution in [0.15, 0.2) is 59.6 Å². The predicted octanol–water partition coefficient (Wildman–Crippen LogP) is 2.63. The lowest BCUT2D eigenvalue weighted by molar-refractivity contribution is -0.385. The molecule has 0 aromatic heterocycles. The van der Waals surface area contributed by atoms with Crippen molar-refractivity contribution in [1.82, 2.24) is 0 Å². The molecule has 0 amide bonds. The number of aliphatic imine (C=N–C) groups is 1. The average molecular weight is 241 g/mol. The van der Waals surface area contributed by atoms with Crippen molar-refractivity contribution < 1.29 is 4.92 Å². The number of nitro benzene ring substituents is 1. The molecular weight excluding hydrogens is 230 g/mol. The van der Waals surface area contributed by atoms with E-state index in [-0.39, 0.29) is 11.5 Å². The van der Waals surface area contributed by atoms with Gasteiger partial charge in [-0.1, -0.05) is 30.3 Å². The number of para-hydroxylation sites is 2. The minimum Gasteiger partial charge on any atom is -0.383 e. The number of hydrogen-bond donors (Lipinski definition) is 1. The third kappa shape index (κ3) is 2.52. The van der Waals surface area contributed by atoms with Gasteiger partial charge in [0.15, 0.2) is 0 Å². The summed E-state index contributed by atoms with van der Waals surface area (Å²) in [7, 11) is 0. The smallest absolute Gasteiger partial charge is 0.280 e. The Balaban J connectivity index is 2.43. The van der Waals surface area contributed by atoms with E-state index in [1.807, 2.05) is 18.2 Å². The van der Waals surface area contributed by atoms with Gasteiger partial charge in [0.25, 0.3) is 5.69 Å². The zero-order valence-electron chi connectivity index (χ0n) is 9.48. The van der Waals surface area contributed by atoms with Gasteiger partial charge in [-0.2, -0.15) is 0 Å². The van der Waals surface area contributed by atoms with E-state index in [0.29, 0.717) is 11.3 Å². The van der Waals surface area contributed by atoms with Crippen LogP contribution in [0.5, 0.6) is 0 Å². The first kappa shape index (κ1) is 11.8. The van der Waals surface area contributed by atoms with Crippen molar-refractivity contribution in [2.24, 2.45) is 10.7 Å². The molecule has 0 aliphatic rings. The maximum atomic E-state index is 10.9. The molecule has 0 atom stereocenters. The first-order chi connectivity index (χ1) is 8.68. The Kier molecular flexibility index (Phi) is 3.33. The molecule has 2 aromatic carbocycles. The molecule has 0 fully saturated rings. The highest BCUT2D eigenvalue weighted by Gasteiger charge is 2.15. The van der Waals surface area contributed by atoms with Gasteiger partial charge in [-0.15, -0.1) is 0 Å². The van der Waals surface area contributed by atoms with E-state index in [2.05, 4.69) is 4.99 Å². The number of nitrogens with zero attached hydrogens (tertiary/aromatic N) is 2. The van der Waals surface area contributed by atoms with E-state index in [1.54, 1.807) is 30.3 Å². The minimum atomic E-state index is -0.470. The van der Waals surface area contributed by atoms with E-state index in [0.717, 1.165) is 0 Å². The molecule has 0 saturated carbocycles. The van der Waals surface area contributed by atoms with E-state index in [9.17, 15) is 10.1 Å². The highest BCUT2D eigenvalue weighted by atomic mass is 16.6. The fraction of sp³-hybridized carbons (Fsp3) is 0. The average Bonchev–Trinajstić information content (AvgIpc) is 2.40. The van der Waals surface area contributed by atoms with Crippen LogP contribution in [0.3, 0.4) is 0 Å². The lowest BCUT2D eigenvalue weighted by Crippen LogP contribution is -2.14. The second-order valence-electron chi connectivity index (χ2n) is 3.61. The molecule has 0 radical (unpaired) electrons. The Labute approximate surface area is 104 Å². The third-order valence-corrected chi connectivity index (χ3v) is 2.38. The highest BCUT2D eigenvalue weighted by Crippen LogP contribution is 2.19. The second-order valence-corrected chi connectivity index (χ2v) is 3.61. The lowest BCUT2D eigenvalue weighted by Gasteiger charge is -2.02. The Morgan fingerprint density at radius 1 is 1.06 bits per heavy atom. The normalized spacial score (nSPS) is 11.2. The molecule has 5 nitrogen and oxygen atoms in total. The summed E-state index contributed by atoms with van der Waals surface area (Å²) in [5, 5.41) is 10.9. The maximum absolute atomic E-state index is 10.9. The number of hydrogen-bond acceptors (Lipinski definition) is 3. The van der Waals surface area contributed by atoms with Gasteiger partial charge in [-0.3, -0.25) is 10.1 Å². The van der Waals surface area contributed by atoms with Crippen LogP contribution in [0.1, 0.15) is 5.56 Å². The number of amidine groups is 1. The van der Waals surface area contributed by atoms with Crippen molar-refractivity contribution in [3.63, 3.8) is 0 Å². The van der Waals surface area contributed by atoms with Gasteiger partial charge in [0.05, 0.1) is 16.2 Å². The van der Waals surface area contributed by atoms with Crippen LogP contribution in [-0.4, -0.2) is 10.8 Å². The summed E-state index contributed by atoms with van der Waals surface area (Å²) < 4.78 is 0. The van der Waals surface area contributed by atoms with Gasteiger partial charge < -0.3 is 5.73 Å². The number of benzene rings is 2.